The van der Waals surface area contributed by atoms with Gasteiger partial charge in [0.15, 0.2) is 0 Å². The molecule has 0 spiro atoms. The molecule has 4 amide bonds. The highest BCUT2D eigenvalue weighted by Crippen LogP contribution is 2.33. The molecule has 1 aliphatic rings. The Morgan fingerprint density at radius 2 is 1.76 bits per heavy atom. The SMILES string of the molecule is Cc1ncsc1-c1ccc([C@H](C)NC(=O)[C@@H]2C[C@@H](O)CN2C(=O)[C@@H](NC(=O)COCCOCCNC(=O)CCNc2nccc(-c3cn(CC(F)F)nc3-c3cnc4[nH]ccc4c3)n2)C(C)(C)C)cc1. The van der Waals surface area contributed by atoms with Crippen LogP contribution in [0.15, 0.2) is 72.8 Å². The zero-order valence-corrected chi connectivity index (χ0v) is 40.4. The summed E-state index contributed by atoms with van der Waals surface area (Å²) < 4.78 is 38.9. The number of aliphatic hydroxyl groups is 1. The summed E-state index contributed by atoms with van der Waals surface area (Å²) in [6, 6.07) is 10.9. The lowest BCUT2D eigenvalue weighted by Crippen LogP contribution is -2.58. The number of benzene rings is 1. The minimum Gasteiger partial charge on any atom is -0.391 e. The molecule has 70 heavy (non-hydrogen) atoms. The number of β-amino-alcohol motifs (C(OH)–C–C–N with tert-alkyl or cyclic N) is 1. The van der Waals surface area contributed by atoms with Gasteiger partial charge in [-0.2, -0.15) is 5.10 Å². The van der Waals surface area contributed by atoms with E-state index in [1.54, 1.807) is 56.1 Å². The van der Waals surface area contributed by atoms with Crippen LogP contribution in [0, 0.1) is 12.3 Å². The molecule has 0 unspecified atom stereocenters. The molecule has 1 aromatic carbocycles. The van der Waals surface area contributed by atoms with Crippen LogP contribution in [0.4, 0.5) is 14.7 Å². The first-order chi connectivity index (χ1) is 33.5. The summed E-state index contributed by atoms with van der Waals surface area (Å²) >= 11 is 1.56. The predicted octanol–water partition coefficient (Wildman–Crippen LogP) is 4.90. The number of thiazole rings is 1. The van der Waals surface area contributed by atoms with E-state index in [1.807, 2.05) is 50.2 Å². The van der Waals surface area contributed by atoms with Crippen LogP contribution < -0.4 is 21.3 Å². The van der Waals surface area contributed by atoms with Gasteiger partial charge in [-0.3, -0.25) is 23.9 Å². The molecule has 1 saturated heterocycles. The molecule has 0 bridgehead atoms. The minimum atomic E-state index is -2.61. The monoisotopic (exact) mass is 984 g/mol. The number of aliphatic hydroxyl groups excluding tert-OH is 1. The lowest BCUT2D eigenvalue weighted by Gasteiger charge is -2.35. The van der Waals surface area contributed by atoms with Crippen LogP contribution in [0.1, 0.15) is 57.8 Å². The van der Waals surface area contributed by atoms with E-state index in [-0.39, 0.29) is 76.8 Å². The molecule has 6 heterocycles. The number of alkyl halides is 2. The van der Waals surface area contributed by atoms with Crippen molar-refractivity contribution in [1.29, 1.82) is 0 Å². The van der Waals surface area contributed by atoms with Crippen molar-refractivity contribution in [1.82, 2.24) is 55.6 Å². The zero-order valence-electron chi connectivity index (χ0n) is 39.6. The second kappa shape index (κ2) is 23.2. The molecule has 0 aliphatic carbocycles. The summed E-state index contributed by atoms with van der Waals surface area (Å²) in [6.07, 6.45) is 3.05. The zero-order chi connectivity index (χ0) is 50.0. The molecular formula is C48H58F2N12O7S. The van der Waals surface area contributed by atoms with Crippen molar-refractivity contribution in [2.45, 2.75) is 84.7 Å². The van der Waals surface area contributed by atoms with Crippen LogP contribution in [-0.2, 0) is 35.2 Å². The summed E-state index contributed by atoms with van der Waals surface area (Å²) in [5.41, 5.74) is 6.62. The second-order valence-electron chi connectivity index (χ2n) is 18.0. The van der Waals surface area contributed by atoms with Crippen molar-refractivity contribution >= 4 is 51.9 Å². The Morgan fingerprint density at radius 1 is 0.971 bits per heavy atom. The normalized spacial score (nSPS) is 15.8. The molecule has 22 heteroatoms. The summed E-state index contributed by atoms with van der Waals surface area (Å²) in [4.78, 5) is 76.2. The minimum absolute atomic E-state index is 0.0524. The highest BCUT2D eigenvalue weighted by molar-refractivity contribution is 7.13. The fraction of sp³-hybridized carbons (Fsp3) is 0.438. The van der Waals surface area contributed by atoms with Crippen molar-refractivity contribution in [3.8, 4) is 33.0 Å². The van der Waals surface area contributed by atoms with Crippen molar-refractivity contribution < 1.29 is 42.5 Å². The van der Waals surface area contributed by atoms with Gasteiger partial charge in [0.25, 0.3) is 6.43 Å². The Bertz CT molecular complexity index is 2740. The Kier molecular flexibility index (Phi) is 17.0. The first kappa shape index (κ1) is 51.1. The highest BCUT2D eigenvalue weighted by Gasteiger charge is 2.44. The number of fused-ring (bicyclic) bond motifs is 1. The molecule has 0 saturated carbocycles. The maximum atomic E-state index is 14.0. The van der Waals surface area contributed by atoms with Crippen LogP contribution in [-0.4, -0.2) is 139 Å². The van der Waals surface area contributed by atoms with Crippen LogP contribution in [0.3, 0.4) is 0 Å². The molecule has 19 nitrogen and oxygen atoms in total. The third kappa shape index (κ3) is 13.3. The number of aromatic nitrogens is 7. The van der Waals surface area contributed by atoms with E-state index < -0.39 is 54.3 Å². The number of likely N-dealkylation sites (tertiary alicyclic amines) is 1. The van der Waals surface area contributed by atoms with Gasteiger partial charge in [-0.15, -0.1) is 11.3 Å². The molecule has 6 aromatic rings. The van der Waals surface area contributed by atoms with Gasteiger partial charge in [-0.25, -0.2) is 28.7 Å². The van der Waals surface area contributed by atoms with Crippen molar-refractivity contribution in [2.75, 3.05) is 51.4 Å². The number of aromatic amines is 1. The van der Waals surface area contributed by atoms with E-state index in [4.69, 9.17) is 9.47 Å². The van der Waals surface area contributed by atoms with E-state index in [9.17, 15) is 33.1 Å². The quantitative estimate of drug-likeness (QED) is 0.0497. The maximum absolute atomic E-state index is 14.0. The van der Waals surface area contributed by atoms with E-state index in [0.717, 1.165) is 27.1 Å². The molecule has 5 aromatic heterocycles. The fourth-order valence-electron chi connectivity index (χ4n) is 7.96. The van der Waals surface area contributed by atoms with Gasteiger partial charge in [0.05, 0.1) is 53.7 Å². The summed E-state index contributed by atoms with van der Waals surface area (Å²) in [5, 5.41) is 27.4. The number of hydrogen-bond donors (Lipinski definition) is 6. The number of pyridine rings is 1. The van der Waals surface area contributed by atoms with E-state index in [0.29, 0.717) is 28.2 Å². The number of amides is 4. The van der Waals surface area contributed by atoms with Gasteiger partial charge in [0.1, 0.15) is 36.6 Å². The lowest BCUT2D eigenvalue weighted by atomic mass is 9.85. The first-order valence-electron chi connectivity index (χ1n) is 22.9. The number of carbonyl (C=O) groups is 4. The number of rotatable bonds is 22. The molecule has 1 fully saturated rings. The van der Waals surface area contributed by atoms with Crippen LogP contribution in [0.25, 0.3) is 44.0 Å². The summed E-state index contributed by atoms with van der Waals surface area (Å²) in [5.74, 6) is -1.43. The van der Waals surface area contributed by atoms with Gasteiger partial charge < -0.3 is 45.7 Å². The van der Waals surface area contributed by atoms with E-state index in [2.05, 4.69) is 51.3 Å². The van der Waals surface area contributed by atoms with Crippen molar-refractivity contribution in [2.24, 2.45) is 5.41 Å². The van der Waals surface area contributed by atoms with Gasteiger partial charge in [-0.05, 0) is 48.6 Å². The summed E-state index contributed by atoms with van der Waals surface area (Å²) in [6.45, 7) is 9.04. The molecule has 4 atom stereocenters. The summed E-state index contributed by atoms with van der Waals surface area (Å²) in [7, 11) is 0. The molecule has 6 N–H and O–H groups in total. The van der Waals surface area contributed by atoms with Gasteiger partial charge in [0.2, 0.25) is 29.6 Å². The smallest absolute Gasteiger partial charge is 0.257 e. The van der Waals surface area contributed by atoms with E-state index in [1.165, 1.54) is 22.0 Å². The maximum Gasteiger partial charge on any atom is 0.257 e. The van der Waals surface area contributed by atoms with Gasteiger partial charge >= 0.3 is 0 Å². The molecule has 372 valence electrons. The van der Waals surface area contributed by atoms with Gasteiger partial charge in [0, 0.05) is 73.8 Å². The van der Waals surface area contributed by atoms with Crippen LogP contribution >= 0.6 is 11.3 Å². The number of aryl methyl sites for hydroxylation is 1. The largest absolute Gasteiger partial charge is 0.391 e. The molecule has 1 aliphatic heterocycles. The number of hydrogen-bond acceptors (Lipinski definition) is 14. The number of carbonyl (C=O) groups excluding carboxylic acids is 4. The number of nitrogens with one attached hydrogen (secondary N) is 5. The Hall–Kier alpha value is -6.75. The Labute approximate surface area is 407 Å². The fourth-order valence-corrected chi connectivity index (χ4v) is 8.77. The standard InChI is InChI=1S/C48H58F2N12O7S/c1-28(30-6-8-31(9-7-30)42-29(2)56-27-70-42)57-45(66)37-21-34(63)23-62(37)46(67)43(48(3,4)5)59-40(65)26-69-19-18-68-17-16-51-39(64)12-15-54-47-53-14-11-36(58-47)35-24-61(25-38(49)50)60-41(35)33-20-32-10-13-52-44(32)55-22-33/h6-11,13-14,20,22,24,27-28,34,37-38,43,63H,12,15-19,21,23,25-26H2,1-5H3,(H,51,64)(H,52,55)(H,57,66)(H,59,65)(H,53,54,58)/t28-,34+,37-,43+/m0/s1. The topological polar surface area (TPSA) is 244 Å². The Balaban J connectivity index is 0.798. The third-order valence-electron chi connectivity index (χ3n) is 11.6. The highest BCUT2D eigenvalue weighted by atomic mass is 32.1. The number of ether oxygens (including phenoxy) is 2. The number of nitrogens with zero attached hydrogens (tertiary/aromatic N) is 7. The average Bonchev–Trinajstić information content (AvgIpc) is 4.15. The molecular weight excluding hydrogens is 927 g/mol. The molecule has 7 rings (SSSR count). The van der Waals surface area contributed by atoms with Crippen LogP contribution in [0.2, 0.25) is 0 Å². The predicted molar refractivity (Wildman–Crippen MR) is 258 cm³/mol. The Morgan fingerprint density at radius 3 is 2.50 bits per heavy atom. The third-order valence-corrected chi connectivity index (χ3v) is 12.5. The van der Waals surface area contributed by atoms with Crippen molar-refractivity contribution in [3.05, 3.63) is 84.0 Å². The average molecular weight is 985 g/mol. The second-order valence-corrected chi connectivity index (χ2v) is 18.8. The number of anilines is 1. The number of H-pyrrole nitrogens is 1. The van der Waals surface area contributed by atoms with E-state index >= 15 is 0 Å². The first-order valence-corrected chi connectivity index (χ1v) is 23.8. The number of halogens is 2. The van der Waals surface area contributed by atoms with Gasteiger partial charge in [-0.1, -0.05) is 45.0 Å². The van der Waals surface area contributed by atoms with Crippen LogP contribution in [0.5, 0.6) is 0 Å². The molecule has 0 radical (unpaired) electrons. The lowest BCUT2D eigenvalue weighted by molar-refractivity contribution is -0.144. The van der Waals surface area contributed by atoms with Crippen molar-refractivity contribution in [3.63, 3.8) is 0 Å².